The standard InChI is InChI=1S/C19H18N2O3/c1-24-17-11-5-9-14-12-7-4-8-13(12)18(20-19(14)17)15-6-2-3-10-16(15)21(22)23/h2-7,9-13,18,20H,8H2,1H3/t12-,13-,18+/m0/s1. The number of hydrogen-bond donors (Lipinski definition) is 1. The number of anilines is 1. The topological polar surface area (TPSA) is 64.4 Å². The predicted octanol–water partition coefficient (Wildman–Crippen LogP) is 4.43. The Bertz CT molecular complexity index is 831. The first-order chi connectivity index (χ1) is 11.7. The van der Waals surface area contributed by atoms with Crippen molar-refractivity contribution in [2.45, 2.75) is 18.4 Å². The van der Waals surface area contributed by atoms with E-state index in [1.165, 1.54) is 5.56 Å². The van der Waals surface area contributed by atoms with Gasteiger partial charge in [0.15, 0.2) is 0 Å². The van der Waals surface area contributed by atoms with Crippen LogP contribution in [0.3, 0.4) is 0 Å². The molecule has 5 nitrogen and oxygen atoms in total. The van der Waals surface area contributed by atoms with E-state index in [-0.39, 0.29) is 28.5 Å². The monoisotopic (exact) mass is 322 g/mol. The van der Waals surface area contributed by atoms with E-state index in [4.69, 9.17) is 4.74 Å². The van der Waals surface area contributed by atoms with E-state index in [2.05, 4.69) is 23.5 Å². The van der Waals surface area contributed by atoms with Gasteiger partial charge in [0, 0.05) is 12.0 Å². The van der Waals surface area contributed by atoms with Gasteiger partial charge in [-0.25, -0.2) is 0 Å². The van der Waals surface area contributed by atoms with Crippen molar-refractivity contribution in [2.24, 2.45) is 5.92 Å². The first-order valence-corrected chi connectivity index (χ1v) is 8.04. The zero-order valence-corrected chi connectivity index (χ0v) is 13.3. The van der Waals surface area contributed by atoms with E-state index in [9.17, 15) is 10.1 Å². The van der Waals surface area contributed by atoms with Crippen LogP contribution < -0.4 is 10.1 Å². The Morgan fingerprint density at radius 1 is 1.17 bits per heavy atom. The van der Waals surface area contributed by atoms with Crippen LogP contribution in [0.1, 0.15) is 29.5 Å². The second-order valence-electron chi connectivity index (χ2n) is 6.22. The van der Waals surface area contributed by atoms with Gasteiger partial charge in [0.25, 0.3) is 5.69 Å². The molecule has 1 aliphatic heterocycles. The zero-order valence-electron chi connectivity index (χ0n) is 13.3. The number of methoxy groups -OCH3 is 1. The Kier molecular flexibility index (Phi) is 3.49. The number of nitrogens with one attached hydrogen (secondary N) is 1. The van der Waals surface area contributed by atoms with Crippen molar-refractivity contribution < 1.29 is 9.66 Å². The van der Waals surface area contributed by atoms with Crippen molar-refractivity contribution in [1.29, 1.82) is 0 Å². The molecule has 0 spiro atoms. The number of nitrogens with zero attached hydrogens (tertiary/aromatic N) is 1. The zero-order chi connectivity index (χ0) is 16.7. The lowest BCUT2D eigenvalue weighted by Crippen LogP contribution is -2.29. The largest absolute Gasteiger partial charge is 0.495 e. The van der Waals surface area contributed by atoms with E-state index in [0.29, 0.717) is 0 Å². The highest BCUT2D eigenvalue weighted by Crippen LogP contribution is 2.53. The Morgan fingerprint density at radius 3 is 2.75 bits per heavy atom. The number of allylic oxidation sites excluding steroid dienone is 2. The highest BCUT2D eigenvalue weighted by Gasteiger charge is 2.41. The minimum atomic E-state index is -0.299. The van der Waals surface area contributed by atoms with Crippen molar-refractivity contribution in [3.63, 3.8) is 0 Å². The van der Waals surface area contributed by atoms with Gasteiger partial charge in [-0.15, -0.1) is 0 Å². The fraction of sp³-hybridized carbons (Fsp3) is 0.263. The third-order valence-corrected chi connectivity index (χ3v) is 5.05. The summed E-state index contributed by atoms with van der Waals surface area (Å²) in [5, 5.41) is 15.0. The summed E-state index contributed by atoms with van der Waals surface area (Å²) < 4.78 is 5.50. The Labute approximate surface area is 140 Å². The molecule has 2 aromatic carbocycles. The summed E-state index contributed by atoms with van der Waals surface area (Å²) >= 11 is 0. The molecule has 1 heterocycles. The van der Waals surface area contributed by atoms with Gasteiger partial charge in [0.05, 0.1) is 29.3 Å². The second-order valence-corrected chi connectivity index (χ2v) is 6.22. The molecule has 0 saturated heterocycles. The van der Waals surface area contributed by atoms with Gasteiger partial charge >= 0.3 is 0 Å². The molecule has 1 N–H and O–H groups in total. The number of ether oxygens (including phenoxy) is 1. The number of nitro benzene ring substituents is 1. The Morgan fingerprint density at radius 2 is 1.96 bits per heavy atom. The maximum atomic E-state index is 11.5. The summed E-state index contributed by atoms with van der Waals surface area (Å²) in [5.74, 6) is 1.29. The number of fused-ring (bicyclic) bond motifs is 3. The third kappa shape index (κ3) is 2.16. The summed E-state index contributed by atoms with van der Waals surface area (Å²) in [6, 6.07) is 12.9. The minimum absolute atomic E-state index is 0.115. The molecule has 0 unspecified atom stereocenters. The summed E-state index contributed by atoms with van der Waals surface area (Å²) in [7, 11) is 1.65. The fourth-order valence-corrected chi connectivity index (χ4v) is 3.99. The second kappa shape index (κ2) is 5.67. The van der Waals surface area contributed by atoms with Gasteiger partial charge in [0.1, 0.15) is 5.75 Å². The molecule has 0 fully saturated rings. The molecule has 0 saturated carbocycles. The number of para-hydroxylation sites is 2. The first kappa shape index (κ1) is 14.8. The number of nitro groups is 1. The minimum Gasteiger partial charge on any atom is -0.495 e. The maximum Gasteiger partial charge on any atom is 0.274 e. The van der Waals surface area contributed by atoms with Gasteiger partial charge in [-0.3, -0.25) is 10.1 Å². The summed E-state index contributed by atoms with van der Waals surface area (Å²) in [5.41, 5.74) is 3.04. The van der Waals surface area contributed by atoms with Gasteiger partial charge in [-0.2, -0.15) is 0 Å². The smallest absolute Gasteiger partial charge is 0.274 e. The first-order valence-electron chi connectivity index (χ1n) is 8.04. The molecule has 0 amide bonds. The van der Waals surface area contributed by atoms with Crippen molar-refractivity contribution >= 4 is 11.4 Å². The molecule has 2 aliphatic rings. The highest BCUT2D eigenvalue weighted by molar-refractivity contribution is 5.68. The van der Waals surface area contributed by atoms with Gasteiger partial charge in [0.2, 0.25) is 0 Å². The van der Waals surface area contributed by atoms with Crippen LogP contribution in [-0.4, -0.2) is 12.0 Å². The van der Waals surface area contributed by atoms with Gasteiger partial charge < -0.3 is 10.1 Å². The Hall–Kier alpha value is -2.82. The molecule has 0 radical (unpaired) electrons. The van der Waals surface area contributed by atoms with Crippen molar-refractivity contribution in [3.05, 3.63) is 75.9 Å². The lowest BCUT2D eigenvalue weighted by atomic mass is 9.76. The molecule has 2 aromatic rings. The fourth-order valence-electron chi connectivity index (χ4n) is 3.99. The van der Waals surface area contributed by atoms with Crippen LogP contribution in [0.5, 0.6) is 5.75 Å². The SMILES string of the molecule is COc1cccc2c1N[C@@H](c1ccccc1[N+](=O)[O-])[C@H]1CC=C[C@H]21. The molecule has 0 bridgehead atoms. The summed E-state index contributed by atoms with van der Waals surface area (Å²) in [4.78, 5) is 11.2. The highest BCUT2D eigenvalue weighted by atomic mass is 16.6. The Balaban J connectivity index is 1.86. The molecule has 24 heavy (non-hydrogen) atoms. The lowest BCUT2D eigenvalue weighted by molar-refractivity contribution is -0.385. The van der Waals surface area contributed by atoms with Gasteiger partial charge in [-0.05, 0) is 24.0 Å². The van der Waals surface area contributed by atoms with Crippen molar-refractivity contribution in [3.8, 4) is 5.75 Å². The molecule has 122 valence electrons. The molecule has 3 atom stereocenters. The van der Waals surface area contributed by atoms with Crippen LogP contribution in [0.2, 0.25) is 0 Å². The average Bonchev–Trinajstić information content (AvgIpc) is 3.10. The van der Waals surface area contributed by atoms with E-state index in [0.717, 1.165) is 23.4 Å². The molecule has 5 heteroatoms. The number of hydrogen-bond acceptors (Lipinski definition) is 4. The molecule has 1 aliphatic carbocycles. The average molecular weight is 322 g/mol. The number of benzene rings is 2. The van der Waals surface area contributed by atoms with E-state index < -0.39 is 0 Å². The van der Waals surface area contributed by atoms with Crippen molar-refractivity contribution in [2.75, 3.05) is 12.4 Å². The number of rotatable bonds is 3. The summed E-state index contributed by atoms with van der Waals surface area (Å²) in [6.07, 6.45) is 5.30. The third-order valence-electron chi connectivity index (χ3n) is 5.05. The summed E-state index contributed by atoms with van der Waals surface area (Å²) in [6.45, 7) is 0. The van der Waals surface area contributed by atoms with Crippen LogP contribution in [0.25, 0.3) is 0 Å². The quantitative estimate of drug-likeness (QED) is 0.516. The van der Waals surface area contributed by atoms with Gasteiger partial charge in [-0.1, -0.05) is 42.5 Å². The van der Waals surface area contributed by atoms with Crippen LogP contribution in [0, 0.1) is 16.0 Å². The van der Waals surface area contributed by atoms with Crippen LogP contribution in [-0.2, 0) is 0 Å². The lowest BCUT2D eigenvalue weighted by Gasteiger charge is -2.37. The molecular weight excluding hydrogens is 304 g/mol. The van der Waals surface area contributed by atoms with E-state index in [1.54, 1.807) is 19.2 Å². The maximum absolute atomic E-state index is 11.5. The van der Waals surface area contributed by atoms with Crippen LogP contribution >= 0.6 is 0 Å². The van der Waals surface area contributed by atoms with Crippen LogP contribution in [0.15, 0.2) is 54.6 Å². The van der Waals surface area contributed by atoms with E-state index >= 15 is 0 Å². The molecule has 4 rings (SSSR count). The molecule has 0 aromatic heterocycles. The van der Waals surface area contributed by atoms with E-state index in [1.807, 2.05) is 24.3 Å². The predicted molar refractivity (Wildman–Crippen MR) is 92.4 cm³/mol. The van der Waals surface area contributed by atoms with Crippen molar-refractivity contribution in [1.82, 2.24) is 0 Å². The molecular formula is C19H18N2O3. The normalized spacial score (nSPS) is 24.0. The van der Waals surface area contributed by atoms with Crippen LogP contribution in [0.4, 0.5) is 11.4 Å².